The summed E-state index contributed by atoms with van der Waals surface area (Å²) in [5, 5.41) is 31.3. The Kier molecular flexibility index (Phi) is 6.03. The first-order chi connectivity index (χ1) is 17.3. The van der Waals surface area contributed by atoms with Gasteiger partial charge in [0.15, 0.2) is 0 Å². The molecule has 0 saturated carbocycles. The number of aryl methyl sites for hydroxylation is 1. The number of carbonyl (C=O) groups excluding carboxylic acids is 1. The third-order valence-corrected chi connectivity index (χ3v) is 7.73. The van der Waals surface area contributed by atoms with Gasteiger partial charge in [-0.25, -0.2) is 9.00 Å². The molecule has 2 unspecified atom stereocenters. The van der Waals surface area contributed by atoms with Crippen molar-refractivity contribution in [1.29, 1.82) is 0 Å². The maximum Gasteiger partial charge on any atom is 0.333 e. The maximum absolute atomic E-state index is 13.3. The van der Waals surface area contributed by atoms with Crippen LogP contribution in [0.1, 0.15) is 28.7 Å². The minimum atomic E-state index is -1.53. The number of rotatable bonds is 6. The van der Waals surface area contributed by atoms with E-state index in [2.05, 4.69) is 0 Å². The van der Waals surface area contributed by atoms with Gasteiger partial charge >= 0.3 is 5.97 Å². The Morgan fingerprint density at radius 2 is 1.58 bits per heavy atom. The Morgan fingerprint density at radius 3 is 2.28 bits per heavy atom. The summed E-state index contributed by atoms with van der Waals surface area (Å²) in [5.74, 6) is -0.853. The minimum absolute atomic E-state index is 0.00508. The van der Waals surface area contributed by atoms with Gasteiger partial charge in [0.2, 0.25) is 11.8 Å². The monoisotopic (exact) mass is 505 g/mol. The SMILES string of the molecule is COc1ccc2c(c1)S(=O)c1ccccc1C2(O)c1ccc(CCC(=O)On2c(O)ccc2O)cc1. The zero-order chi connectivity index (χ0) is 25.4. The molecule has 0 saturated heterocycles. The predicted octanol–water partition coefficient (Wildman–Crippen LogP) is 3.26. The molecule has 9 heteroatoms. The Labute approximate surface area is 209 Å². The number of benzene rings is 3. The standard InChI is InChI=1S/C27H23NO7S/c1-34-19-11-12-21-23(16-19)36(33)22-5-3-2-4-20(22)27(21,32)18-9-6-17(7-10-18)8-15-26(31)35-28-24(29)13-14-25(28)30/h2-7,9-14,16,29-30,32H,8,15H2,1H3. The first-order valence-corrected chi connectivity index (χ1v) is 12.3. The fourth-order valence-corrected chi connectivity index (χ4v) is 5.88. The van der Waals surface area contributed by atoms with Crippen LogP contribution in [0.3, 0.4) is 0 Å². The maximum atomic E-state index is 13.3. The lowest BCUT2D eigenvalue weighted by Gasteiger charge is -2.36. The van der Waals surface area contributed by atoms with Crippen LogP contribution in [0.4, 0.5) is 0 Å². The van der Waals surface area contributed by atoms with Crippen molar-refractivity contribution in [3.05, 3.63) is 101 Å². The molecule has 2 atom stereocenters. The Bertz CT molecular complexity index is 1460. The molecule has 1 aliphatic heterocycles. The summed E-state index contributed by atoms with van der Waals surface area (Å²) in [6.45, 7) is 0. The van der Waals surface area contributed by atoms with Crippen LogP contribution in [0.5, 0.6) is 17.5 Å². The number of carbonyl (C=O) groups is 1. The molecule has 1 aliphatic rings. The average Bonchev–Trinajstić information content (AvgIpc) is 3.22. The van der Waals surface area contributed by atoms with Crippen molar-refractivity contribution in [2.45, 2.75) is 28.2 Å². The zero-order valence-corrected chi connectivity index (χ0v) is 20.1. The van der Waals surface area contributed by atoms with Gasteiger partial charge < -0.3 is 24.9 Å². The highest BCUT2D eigenvalue weighted by Crippen LogP contribution is 2.47. The molecular formula is C27H23NO7S. The third kappa shape index (κ3) is 3.92. The van der Waals surface area contributed by atoms with Gasteiger partial charge in [-0.3, -0.25) is 0 Å². The summed E-state index contributed by atoms with van der Waals surface area (Å²) in [6.07, 6.45) is 0.347. The lowest BCUT2D eigenvalue weighted by atomic mass is 9.79. The smallest absolute Gasteiger partial charge is 0.333 e. The molecule has 0 spiro atoms. The highest BCUT2D eigenvalue weighted by molar-refractivity contribution is 7.85. The van der Waals surface area contributed by atoms with Crippen molar-refractivity contribution in [2.75, 3.05) is 7.11 Å². The molecule has 0 radical (unpaired) electrons. The van der Waals surface area contributed by atoms with Gasteiger partial charge in [-0.05, 0) is 35.7 Å². The van der Waals surface area contributed by atoms with Gasteiger partial charge in [-0.2, -0.15) is 0 Å². The highest BCUT2D eigenvalue weighted by Gasteiger charge is 2.43. The van der Waals surface area contributed by atoms with E-state index in [0.717, 1.165) is 5.56 Å². The number of fused-ring (bicyclic) bond motifs is 2. The van der Waals surface area contributed by atoms with Gasteiger partial charge in [0.25, 0.3) is 0 Å². The normalized spacial score (nSPS) is 18.2. The molecule has 0 fully saturated rings. The van der Waals surface area contributed by atoms with Gasteiger partial charge in [0, 0.05) is 23.3 Å². The second kappa shape index (κ2) is 9.18. The van der Waals surface area contributed by atoms with Crippen molar-refractivity contribution < 1.29 is 33.9 Å². The van der Waals surface area contributed by atoms with E-state index < -0.39 is 22.4 Å². The topological polar surface area (TPSA) is 118 Å². The molecule has 1 aromatic heterocycles. The summed E-state index contributed by atoms with van der Waals surface area (Å²) in [7, 11) is 0.0524. The van der Waals surface area contributed by atoms with Crippen molar-refractivity contribution in [3.8, 4) is 17.5 Å². The van der Waals surface area contributed by atoms with E-state index in [1.165, 1.54) is 19.2 Å². The molecule has 3 N–H and O–H groups in total. The second-order valence-corrected chi connectivity index (χ2v) is 9.76. The molecule has 8 nitrogen and oxygen atoms in total. The summed E-state index contributed by atoms with van der Waals surface area (Å²) in [6, 6.07) is 21.9. The first kappa shape index (κ1) is 23.7. The summed E-state index contributed by atoms with van der Waals surface area (Å²) < 4.78 is 19.3. The molecule has 2 heterocycles. The molecule has 3 aromatic carbocycles. The number of aromatic hydroxyl groups is 2. The van der Waals surface area contributed by atoms with Crippen LogP contribution in [-0.2, 0) is 27.6 Å². The van der Waals surface area contributed by atoms with Crippen LogP contribution in [0.15, 0.2) is 88.7 Å². The van der Waals surface area contributed by atoms with E-state index in [-0.39, 0.29) is 18.2 Å². The Balaban J connectivity index is 1.42. The quantitative estimate of drug-likeness (QED) is 0.368. The Hall–Kier alpha value is -4.08. The number of hydrogen-bond acceptors (Lipinski definition) is 7. The first-order valence-electron chi connectivity index (χ1n) is 11.2. The Morgan fingerprint density at radius 1 is 0.917 bits per heavy atom. The zero-order valence-electron chi connectivity index (χ0n) is 19.2. The summed E-state index contributed by atoms with van der Waals surface area (Å²) in [5.41, 5.74) is 0.939. The number of nitrogens with zero attached hydrogens (tertiary/aromatic N) is 1. The van der Waals surface area contributed by atoms with Crippen LogP contribution >= 0.6 is 0 Å². The second-order valence-electron chi connectivity index (χ2n) is 8.34. The molecule has 0 amide bonds. The van der Waals surface area contributed by atoms with Crippen molar-refractivity contribution in [1.82, 2.24) is 4.73 Å². The summed E-state index contributed by atoms with van der Waals surface area (Å²) in [4.78, 5) is 18.2. The van der Waals surface area contributed by atoms with Crippen LogP contribution in [0, 0.1) is 0 Å². The van der Waals surface area contributed by atoms with E-state index in [1.807, 2.05) is 12.1 Å². The molecule has 4 aromatic rings. The van der Waals surface area contributed by atoms with Gasteiger partial charge in [0.05, 0.1) is 34.1 Å². The van der Waals surface area contributed by atoms with Crippen LogP contribution in [0.2, 0.25) is 0 Å². The largest absolute Gasteiger partial charge is 0.497 e. The highest BCUT2D eigenvalue weighted by atomic mass is 32.2. The van der Waals surface area contributed by atoms with E-state index in [4.69, 9.17) is 9.57 Å². The van der Waals surface area contributed by atoms with Crippen molar-refractivity contribution in [3.63, 3.8) is 0 Å². The molecule has 0 aliphatic carbocycles. The fourth-order valence-electron chi connectivity index (χ4n) is 4.39. The molecular weight excluding hydrogens is 482 g/mol. The fraction of sp³-hybridized carbons (Fsp3) is 0.148. The van der Waals surface area contributed by atoms with Gasteiger partial charge in [0.1, 0.15) is 11.4 Å². The van der Waals surface area contributed by atoms with E-state index in [1.54, 1.807) is 54.6 Å². The number of aromatic nitrogens is 1. The average molecular weight is 506 g/mol. The number of hydrogen-bond donors (Lipinski definition) is 3. The number of aliphatic hydroxyl groups is 1. The lowest BCUT2D eigenvalue weighted by Crippen LogP contribution is -2.34. The van der Waals surface area contributed by atoms with Crippen molar-refractivity contribution in [2.24, 2.45) is 0 Å². The van der Waals surface area contributed by atoms with Crippen LogP contribution < -0.4 is 9.57 Å². The molecule has 184 valence electrons. The third-order valence-electron chi connectivity index (χ3n) is 6.24. The number of methoxy groups -OCH3 is 1. The minimum Gasteiger partial charge on any atom is -0.497 e. The van der Waals surface area contributed by atoms with E-state index >= 15 is 0 Å². The van der Waals surface area contributed by atoms with E-state index in [0.29, 0.717) is 43.4 Å². The molecule has 5 rings (SSSR count). The summed E-state index contributed by atoms with van der Waals surface area (Å²) >= 11 is 0. The van der Waals surface area contributed by atoms with Crippen LogP contribution in [-0.4, -0.2) is 37.3 Å². The van der Waals surface area contributed by atoms with E-state index in [9.17, 15) is 24.3 Å². The predicted molar refractivity (Wildman–Crippen MR) is 130 cm³/mol. The number of ether oxygens (including phenoxy) is 1. The van der Waals surface area contributed by atoms with Gasteiger partial charge in [-0.1, -0.05) is 48.5 Å². The molecule has 36 heavy (non-hydrogen) atoms. The lowest BCUT2D eigenvalue weighted by molar-refractivity contribution is -0.145. The van der Waals surface area contributed by atoms with Crippen LogP contribution in [0.25, 0.3) is 0 Å². The van der Waals surface area contributed by atoms with Gasteiger partial charge in [-0.15, -0.1) is 4.73 Å². The molecule has 0 bridgehead atoms. The van der Waals surface area contributed by atoms with Crippen molar-refractivity contribution >= 4 is 16.8 Å².